The second kappa shape index (κ2) is 16.5. The molecule has 3 fully saturated rings. The SMILES string of the molecule is CC(C)(C)[C@H](NC(=O)N[C@H](CN1CCCS1(=O)=O)C(C)(C)C)C(=O)N1C[C@H]2[C@@H]([C@H]1C(=O)NC(CC(F)F)C(=O)NCCc1ccc(C(=O)O)cc1Cl)C2(C)C. The zero-order chi connectivity index (χ0) is 41.4. The first-order chi connectivity index (χ1) is 25.2. The van der Waals surface area contributed by atoms with Crippen LogP contribution in [0.5, 0.6) is 0 Å². The molecule has 3 aliphatic rings. The van der Waals surface area contributed by atoms with Crippen LogP contribution in [-0.2, 0) is 30.8 Å². The van der Waals surface area contributed by atoms with Crippen LogP contribution in [0, 0.1) is 28.1 Å². The zero-order valence-corrected chi connectivity index (χ0v) is 34.2. The summed E-state index contributed by atoms with van der Waals surface area (Å²) in [5, 5.41) is 20.0. The summed E-state index contributed by atoms with van der Waals surface area (Å²) in [6.07, 6.45) is -3.28. The lowest BCUT2D eigenvalue weighted by Crippen LogP contribution is -2.62. The molecule has 55 heavy (non-hydrogen) atoms. The number of piperidine rings is 1. The topological polar surface area (TPSA) is 194 Å². The average Bonchev–Trinajstić information content (AvgIpc) is 3.34. The summed E-state index contributed by atoms with van der Waals surface area (Å²) >= 11 is 6.19. The van der Waals surface area contributed by atoms with Crippen LogP contribution in [0.1, 0.15) is 84.2 Å². The highest BCUT2D eigenvalue weighted by Crippen LogP contribution is 2.65. The summed E-state index contributed by atoms with van der Waals surface area (Å²) in [6, 6.07) is -1.08. The quantitative estimate of drug-likeness (QED) is 0.188. The van der Waals surface area contributed by atoms with Gasteiger partial charge in [-0.2, -0.15) is 4.31 Å². The summed E-state index contributed by atoms with van der Waals surface area (Å²) in [6.45, 7) is 15.3. The molecule has 4 rings (SSSR count). The van der Waals surface area contributed by atoms with Gasteiger partial charge >= 0.3 is 12.0 Å². The minimum absolute atomic E-state index is 0.0208. The van der Waals surface area contributed by atoms with Crippen LogP contribution in [-0.4, -0.2) is 115 Å². The second-order valence-electron chi connectivity index (χ2n) is 17.6. The maximum atomic E-state index is 14.4. The van der Waals surface area contributed by atoms with Crippen molar-refractivity contribution in [2.24, 2.45) is 28.1 Å². The molecular weight excluding hydrogens is 762 g/mol. The van der Waals surface area contributed by atoms with E-state index in [2.05, 4.69) is 21.3 Å². The van der Waals surface area contributed by atoms with E-state index < -0.39 is 87.6 Å². The monoisotopic (exact) mass is 816 g/mol. The molecule has 5 amide bonds. The number of halogens is 3. The van der Waals surface area contributed by atoms with E-state index in [4.69, 9.17) is 16.7 Å². The molecular formula is C37H55ClF2N6O8S. The molecule has 2 aliphatic heterocycles. The van der Waals surface area contributed by atoms with Crippen LogP contribution in [0.2, 0.25) is 5.02 Å². The Kier molecular flexibility index (Phi) is 13.2. The molecule has 308 valence electrons. The van der Waals surface area contributed by atoms with Gasteiger partial charge in [-0.1, -0.05) is 73.1 Å². The third-order valence-corrected chi connectivity index (χ3v) is 13.4. The smallest absolute Gasteiger partial charge is 0.335 e. The van der Waals surface area contributed by atoms with Crippen LogP contribution in [0.25, 0.3) is 0 Å². The predicted molar refractivity (Wildman–Crippen MR) is 202 cm³/mol. The Morgan fingerprint density at radius 2 is 1.67 bits per heavy atom. The molecule has 1 aromatic rings. The van der Waals surface area contributed by atoms with Crippen molar-refractivity contribution in [3.8, 4) is 0 Å². The Hall–Kier alpha value is -3.57. The molecule has 5 N–H and O–H groups in total. The van der Waals surface area contributed by atoms with Gasteiger partial charge in [0.2, 0.25) is 34.2 Å². The molecule has 18 heteroatoms. The normalized spacial score (nSPS) is 23.3. The van der Waals surface area contributed by atoms with Crippen molar-refractivity contribution in [1.29, 1.82) is 0 Å². The highest BCUT2D eigenvalue weighted by molar-refractivity contribution is 7.89. The highest BCUT2D eigenvalue weighted by atomic mass is 35.5. The molecule has 1 saturated carbocycles. The fraction of sp³-hybridized carbons (Fsp3) is 0.703. The van der Waals surface area contributed by atoms with Gasteiger partial charge in [0.15, 0.2) is 0 Å². The highest BCUT2D eigenvalue weighted by Gasteiger charge is 2.70. The molecule has 14 nitrogen and oxygen atoms in total. The lowest BCUT2D eigenvalue weighted by atomic mass is 9.85. The van der Waals surface area contributed by atoms with Crippen molar-refractivity contribution in [2.75, 3.05) is 31.9 Å². The third-order valence-electron chi connectivity index (χ3n) is 11.1. The van der Waals surface area contributed by atoms with Crippen molar-refractivity contribution in [3.63, 3.8) is 0 Å². The standard InChI is InChI=1S/C37H55ClF2N6O8S/c1-35(2,3)25(19-45-14-9-15-55(45,53)54)43-34(52)44-29(36(4,5)6)32(49)46-18-22-27(37(22,7)8)28(46)31(48)42-24(17-26(39)40)30(47)41-13-12-20-10-11-21(33(50)51)16-23(20)38/h10-11,16,22,24-29H,9,12-15,17-19H2,1-8H3,(H,41,47)(H,42,48)(H,50,51)(H2,43,44,52)/t22-,24?,25+,27-,28-,29+/m0/s1. The summed E-state index contributed by atoms with van der Waals surface area (Å²) < 4.78 is 54.0. The van der Waals surface area contributed by atoms with Crippen LogP contribution in [0.3, 0.4) is 0 Å². The van der Waals surface area contributed by atoms with Gasteiger partial charge in [0.25, 0.3) is 0 Å². The summed E-state index contributed by atoms with van der Waals surface area (Å²) in [5.41, 5.74) is -1.27. The maximum absolute atomic E-state index is 14.4. The van der Waals surface area contributed by atoms with Crippen molar-refractivity contribution in [1.82, 2.24) is 30.5 Å². The van der Waals surface area contributed by atoms with Gasteiger partial charge in [-0.25, -0.2) is 26.8 Å². The van der Waals surface area contributed by atoms with Gasteiger partial charge < -0.3 is 31.3 Å². The lowest BCUT2D eigenvalue weighted by molar-refractivity contribution is -0.144. The van der Waals surface area contributed by atoms with E-state index >= 15 is 0 Å². The van der Waals surface area contributed by atoms with E-state index in [0.717, 1.165) is 0 Å². The number of fused-ring (bicyclic) bond motifs is 1. The molecule has 1 unspecified atom stereocenters. The van der Waals surface area contributed by atoms with Crippen LogP contribution >= 0.6 is 11.6 Å². The molecule has 2 saturated heterocycles. The molecule has 0 radical (unpaired) electrons. The first kappa shape index (κ1) is 44.1. The molecule has 0 bridgehead atoms. The number of aromatic carboxylic acids is 1. The molecule has 0 spiro atoms. The Labute approximate surface area is 326 Å². The Bertz CT molecular complexity index is 1770. The second-order valence-corrected chi connectivity index (χ2v) is 20.1. The van der Waals surface area contributed by atoms with Gasteiger partial charge in [-0.05, 0) is 58.6 Å². The fourth-order valence-corrected chi connectivity index (χ4v) is 9.40. The minimum atomic E-state index is -3.44. The molecule has 0 aromatic heterocycles. The fourth-order valence-electron chi connectivity index (χ4n) is 7.59. The van der Waals surface area contributed by atoms with E-state index in [1.165, 1.54) is 27.4 Å². The number of carbonyl (C=O) groups excluding carboxylic acids is 4. The maximum Gasteiger partial charge on any atom is 0.335 e. The lowest BCUT2D eigenvalue weighted by Gasteiger charge is -2.39. The number of carboxylic acid groups (broad SMARTS) is 1. The third kappa shape index (κ3) is 10.4. The van der Waals surface area contributed by atoms with Gasteiger partial charge in [0, 0.05) is 43.7 Å². The van der Waals surface area contributed by atoms with Gasteiger partial charge in [-0.15, -0.1) is 0 Å². The molecule has 6 atom stereocenters. The number of urea groups is 1. The molecule has 1 aliphatic carbocycles. The Balaban J connectivity index is 1.48. The van der Waals surface area contributed by atoms with Crippen LogP contribution < -0.4 is 21.3 Å². The number of rotatable bonds is 14. The van der Waals surface area contributed by atoms with E-state index in [9.17, 15) is 41.2 Å². The number of hydrogen-bond acceptors (Lipinski definition) is 7. The van der Waals surface area contributed by atoms with Crippen molar-refractivity contribution in [3.05, 3.63) is 34.3 Å². The summed E-state index contributed by atoms with van der Waals surface area (Å²) in [5.74, 6) is -3.73. The number of nitrogens with zero attached hydrogens (tertiary/aromatic N) is 2. The van der Waals surface area contributed by atoms with Gasteiger partial charge in [0.1, 0.15) is 18.1 Å². The number of benzene rings is 1. The largest absolute Gasteiger partial charge is 0.478 e. The van der Waals surface area contributed by atoms with Gasteiger partial charge in [-0.3, -0.25) is 14.4 Å². The molecule has 2 heterocycles. The number of nitrogens with one attached hydrogen (secondary N) is 4. The van der Waals surface area contributed by atoms with Crippen LogP contribution in [0.4, 0.5) is 13.6 Å². The number of sulfonamides is 1. The number of amides is 5. The number of likely N-dealkylation sites (tertiary alicyclic amines) is 1. The van der Waals surface area contributed by atoms with Crippen molar-refractivity contribution >= 4 is 51.3 Å². The number of hydrogen-bond donors (Lipinski definition) is 5. The zero-order valence-electron chi connectivity index (χ0n) is 32.7. The van der Waals surface area contributed by atoms with E-state index in [1.54, 1.807) is 20.8 Å². The van der Waals surface area contributed by atoms with Gasteiger partial charge in [0.05, 0.1) is 11.3 Å². The first-order valence-corrected chi connectivity index (χ1v) is 20.5. The van der Waals surface area contributed by atoms with Crippen LogP contribution in [0.15, 0.2) is 18.2 Å². The van der Waals surface area contributed by atoms with E-state index in [1.807, 2.05) is 34.6 Å². The summed E-state index contributed by atoms with van der Waals surface area (Å²) in [7, 11) is -3.44. The van der Waals surface area contributed by atoms with Crippen molar-refractivity contribution in [2.45, 2.75) is 105 Å². The molecule has 1 aromatic carbocycles. The van der Waals surface area contributed by atoms with E-state index in [0.29, 0.717) is 18.5 Å². The number of alkyl halides is 2. The van der Waals surface area contributed by atoms with Crippen molar-refractivity contribution < 1.29 is 46.3 Å². The predicted octanol–water partition coefficient (Wildman–Crippen LogP) is 3.48. The minimum Gasteiger partial charge on any atom is -0.478 e. The Morgan fingerprint density at radius 1 is 1.02 bits per heavy atom. The van der Waals surface area contributed by atoms with E-state index in [-0.39, 0.29) is 59.6 Å². The summed E-state index contributed by atoms with van der Waals surface area (Å²) in [4.78, 5) is 67.8. The Morgan fingerprint density at radius 3 is 2.20 bits per heavy atom. The number of carbonyl (C=O) groups is 5. The number of carboxylic acids is 1. The average molecular weight is 817 g/mol. The first-order valence-electron chi connectivity index (χ1n) is 18.5.